The van der Waals surface area contributed by atoms with Crippen LogP contribution in [0.4, 0.5) is 0 Å². The smallest absolute Gasteiger partial charge is 0.234 e. The topological polar surface area (TPSA) is 54.4 Å². The molecule has 0 amide bonds. The van der Waals surface area contributed by atoms with Gasteiger partial charge < -0.3 is 5.11 Å². The van der Waals surface area contributed by atoms with E-state index in [1.165, 1.54) is 6.92 Å². The lowest BCUT2D eigenvalue weighted by Crippen LogP contribution is -2.23. The van der Waals surface area contributed by atoms with Gasteiger partial charge in [-0.3, -0.25) is 9.59 Å². The molecule has 1 aliphatic carbocycles. The summed E-state index contributed by atoms with van der Waals surface area (Å²) >= 11 is 0. The van der Waals surface area contributed by atoms with Gasteiger partial charge in [0.05, 0.1) is 0 Å². The summed E-state index contributed by atoms with van der Waals surface area (Å²) in [5.74, 6) is -1.26. The van der Waals surface area contributed by atoms with Crippen molar-refractivity contribution in [3.63, 3.8) is 0 Å². The molecule has 19 heavy (non-hydrogen) atoms. The third-order valence-corrected chi connectivity index (χ3v) is 3.66. The molecular weight excluding hydrogens is 240 g/mol. The standard InChI is InChI=1S/C16H12O3/c1-8-4-3-5-11-10(8)6-7-12-13(11)16(19)15(18)9(2)14(12)17/h3-7,17H,1-2H3. The lowest BCUT2D eigenvalue weighted by Gasteiger charge is -2.18. The maximum atomic E-state index is 12.2. The fourth-order valence-electron chi connectivity index (χ4n) is 2.55. The van der Waals surface area contributed by atoms with Gasteiger partial charge in [-0.15, -0.1) is 0 Å². The van der Waals surface area contributed by atoms with E-state index in [9.17, 15) is 14.7 Å². The van der Waals surface area contributed by atoms with E-state index in [0.717, 1.165) is 16.3 Å². The Kier molecular flexibility index (Phi) is 2.32. The number of carbonyl (C=O) groups is 2. The fourth-order valence-corrected chi connectivity index (χ4v) is 2.55. The number of aliphatic hydroxyl groups is 1. The molecular formula is C16H12O3. The van der Waals surface area contributed by atoms with E-state index in [-0.39, 0.29) is 11.3 Å². The van der Waals surface area contributed by atoms with Crippen molar-refractivity contribution < 1.29 is 14.7 Å². The van der Waals surface area contributed by atoms with Gasteiger partial charge in [0.2, 0.25) is 11.6 Å². The monoisotopic (exact) mass is 252 g/mol. The Morgan fingerprint density at radius 3 is 2.37 bits per heavy atom. The van der Waals surface area contributed by atoms with Gasteiger partial charge in [0.25, 0.3) is 0 Å². The predicted molar refractivity (Wildman–Crippen MR) is 73.2 cm³/mol. The number of fused-ring (bicyclic) bond motifs is 3. The third-order valence-electron chi connectivity index (χ3n) is 3.66. The van der Waals surface area contributed by atoms with Crippen molar-refractivity contribution >= 4 is 28.1 Å². The molecule has 2 aromatic carbocycles. The Morgan fingerprint density at radius 2 is 1.63 bits per heavy atom. The molecule has 0 atom stereocenters. The van der Waals surface area contributed by atoms with Crippen LogP contribution in [0.3, 0.4) is 0 Å². The molecule has 1 N–H and O–H groups in total. The quantitative estimate of drug-likeness (QED) is 0.732. The van der Waals surface area contributed by atoms with Gasteiger partial charge in [-0.1, -0.05) is 24.3 Å². The van der Waals surface area contributed by atoms with Gasteiger partial charge in [0.15, 0.2) is 0 Å². The maximum Gasteiger partial charge on any atom is 0.234 e. The van der Waals surface area contributed by atoms with Crippen molar-refractivity contribution in [1.29, 1.82) is 0 Å². The summed E-state index contributed by atoms with van der Waals surface area (Å²) in [5.41, 5.74) is 1.91. The number of Topliss-reactive ketones (excluding diaryl/α,β-unsaturated/α-hetero) is 2. The van der Waals surface area contributed by atoms with Crippen LogP contribution in [0.1, 0.15) is 28.4 Å². The Bertz CT molecular complexity index is 782. The number of ketones is 2. The first-order valence-electron chi connectivity index (χ1n) is 6.04. The van der Waals surface area contributed by atoms with Crippen LogP contribution >= 0.6 is 0 Å². The number of benzene rings is 2. The average molecular weight is 252 g/mol. The fraction of sp³-hybridized carbons (Fsp3) is 0.125. The van der Waals surface area contributed by atoms with Gasteiger partial charge in [-0.25, -0.2) is 0 Å². The Hall–Kier alpha value is -2.42. The van der Waals surface area contributed by atoms with Crippen molar-refractivity contribution in [2.75, 3.05) is 0 Å². The zero-order valence-corrected chi connectivity index (χ0v) is 10.7. The highest BCUT2D eigenvalue weighted by Crippen LogP contribution is 2.33. The van der Waals surface area contributed by atoms with Crippen LogP contribution in [-0.2, 0) is 4.79 Å². The molecule has 0 unspecified atom stereocenters. The summed E-state index contributed by atoms with van der Waals surface area (Å²) in [6.45, 7) is 3.42. The van der Waals surface area contributed by atoms with Gasteiger partial charge in [0.1, 0.15) is 5.76 Å². The van der Waals surface area contributed by atoms with Crippen LogP contribution in [-0.4, -0.2) is 16.7 Å². The summed E-state index contributed by atoms with van der Waals surface area (Å²) in [5, 5.41) is 11.7. The normalized spacial score (nSPS) is 15.1. The first-order valence-corrected chi connectivity index (χ1v) is 6.04. The molecule has 0 fully saturated rings. The van der Waals surface area contributed by atoms with E-state index in [2.05, 4.69) is 0 Å². The third kappa shape index (κ3) is 1.45. The van der Waals surface area contributed by atoms with Gasteiger partial charge in [0, 0.05) is 16.7 Å². The SMILES string of the molecule is CC1=C(O)c2ccc3c(C)cccc3c2C(=O)C1=O. The molecule has 0 radical (unpaired) electrons. The minimum atomic E-state index is -0.626. The van der Waals surface area contributed by atoms with Crippen LogP contribution in [0.2, 0.25) is 0 Å². The number of aliphatic hydroxyl groups excluding tert-OH is 1. The van der Waals surface area contributed by atoms with Crippen molar-refractivity contribution in [2.45, 2.75) is 13.8 Å². The van der Waals surface area contributed by atoms with E-state index in [1.807, 2.05) is 25.1 Å². The molecule has 0 saturated carbocycles. The van der Waals surface area contributed by atoms with Crippen LogP contribution in [0, 0.1) is 6.92 Å². The summed E-state index contributed by atoms with van der Waals surface area (Å²) in [7, 11) is 0. The number of aryl methyl sites for hydroxylation is 1. The number of hydrogen-bond acceptors (Lipinski definition) is 3. The predicted octanol–water partition coefficient (Wildman–Crippen LogP) is 3.20. The average Bonchev–Trinajstić information content (AvgIpc) is 2.42. The second kappa shape index (κ2) is 3.79. The highest BCUT2D eigenvalue weighted by Gasteiger charge is 2.31. The number of carbonyl (C=O) groups excluding carboxylic acids is 2. The highest BCUT2D eigenvalue weighted by molar-refractivity contribution is 6.53. The van der Waals surface area contributed by atoms with E-state index < -0.39 is 11.6 Å². The highest BCUT2D eigenvalue weighted by atomic mass is 16.3. The van der Waals surface area contributed by atoms with Gasteiger partial charge in [-0.2, -0.15) is 0 Å². The zero-order valence-electron chi connectivity index (χ0n) is 10.7. The lowest BCUT2D eigenvalue weighted by molar-refractivity contribution is -0.111. The van der Waals surface area contributed by atoms with Gasteiger partial charge in [-0.05, 0) is 36.2 Å². The molecule has 3 nitrogen and oxygen atoms in total. The molecule has 3 rings (SSSR count). The summed E-state index contributed by atoms with van der Waals surface area (Å²) < 4.78 is 0. The van der Waals surface area contributed by atoms with Crippen molar-refractivity contribution in [1.82, 2.24) is 0 Å². The molecule has 0 saturated heterocycles. The van der Waals surface area contributed by atoms with Crippen LogP contribution in [0.25, 0.3) is 16.5 Å². The van der Waals surface area contributed by atoms with Gasteiger partial charge >= 0.3 is 0 Å². The first kappa shape index (κ1) is 11.7. The largest absolute Gasteiger partial charge is 0.507 e. The lowest BCUT2D eigenvalue weighted by atomic mass is 9.85. The first-order chi connectivity index (χ1) is 9.02. The van der Waals surface area contributed by atoms with Crippen molar-refractivity contribution in [2.24, 2.45) is 0 Å². The van der Waals surface area contributed by atoms with E-state index in [0.29, 0.717) is 11.1 Å². The Labute approximate surface area is 110 Å². The van der Waals surface area contributed by atoms with Crippen LogP contribution in [0.15, 0.2) is 35.9 Å². The minimum absolute atomic E-state index is 0.0944. The molecule has 0 bridgehead atoms. The molecule has 3 heteroatoms. The molecule has 2 aromatic rings. The van der Waals surface area contributed by atoms with E-state index in [4.69, 9.17) is 0 Å². The Balaban J connectivity index is 2.51. The van der Waals surface area contributed by atoms with Crippen molar-refractivity contribution in [3.05, 3.63) is 52.6 Å². The summed E-state index contributed by atoms with van der Waals surface area (Å²) in [6, 6.07) is 9.17. The second-order valence-electron chi connectivity index (χ2n) is 4.79. The summed E-state index contributed by atoms with van der Waals surface area (Å²) in [6.07, 6.45) is 0. The number of allylic oxidation sites excluding steroid dienone is 1. The minimum Gasteiger partial charge on any atom is -0.507 e. The maximum absolute atomic E-state index is 12.2. The zero-order chi connectivity index (χ0) is 13.7. The molecule has 1 aliphatic rings. The number of hydrogen-bond donors (Lipinski definition) is 1. The van der Waals surface area contributed by atoms with E-state index in [1.54, 1.807) is 12.1 Å². The molecule has 94 valence electrons. The van der Waals surface area contributed by atoms with E-state index >= 15 is 0 Å². The molecule has 0 heterocycles. The van der Waals surface area contributed by atoms with Crippen LogP contribution in [0.5, 0.6) is 0 Å². The molecule has 0 spiro atoms. The Morgan fingerprint density at radius 1 is 0.895 bits per heavy atom. The second-order valence-corrected chi connectivity index (χ2v) is 4.79. The molecule has 0 aromatic heterocycles. The molecule has 0 aliphatic heterocycles. The summed E-state index contributed by atoms with van der Waals surface area (Å²) in [4.78, 5) is 24.1. The number of rotatable bonds is 0. The van der Waals surface area contributed by atoms with Crippen molar-refractivity contribution in [3.8, 4) is 0 Å². The van der Waals surface area contributed by atoms with Crippen LogP contribution < -0.4 is 0 Å².